The molecule has 4 nitrogen and oxygen atoms in total. The molecule has 0 heterocycles. The van der Waals surface area contributed by atoms with Crippen LogP contribution in [0, 0.1) is 6.92 Å². The topological polar surface area (TPSA) is 54.5 Å². The Morgan fingerprint density at radius 3 is 2.30 bits per heavy atom. The Kier molecular flexibility index (Phi) is 5.46. The fourth-order valence-electron chi connectivity index (χ4n) is 1.94. The van der Waals surface area contributed by atoms with Crippen LogP contribution < -0.4 is 0 Å². The summed E-state index contributed by atoms with van der Waals surface area (Å²) in [4.78, 5) is 13.9. The van der Waals surface area contributed by atoms with Crippen LogP contribution >= 0.6 is 22.3 Å². The van der Waals surface area contributed by atoms with Crippen molar-refractivity contribution in [2.75, 3.05) is 6.54 Å². The highest BCUT2D eigenvalue weighted by atomic mass is 35.7. The van der Waals surface area contributed by atoms with Gasteiger partial charge in [0.05, 0.1) is 4.90 Å². The molecule has 0 saturated heterocycles. The average molecular weight is 338 g/mol. The van der Waals surface area contributed by atoms with Crippen LogP contribution in [-0.2, 0) is 9.05 Å². The predicted molar refractivity (Wildman–Crippen MR) is 81.1 cm³/mol. The third kappa shape index (κ3) is 3.65. The summed E-state index contributed by atoms with van der Waals surface area (Å²) in [6, 6.07) is 2.75. The minimum atomic E-state index is -3.95. The molecule has 0 bridgehead atoms. The normalized spacial score (nSPS) is 11.8. The Morgan fingerprint density at radius 2 is 1.90 bits per heavy atom. The van der Waals surface area contributed by atoms with E-state index in [0.29, 0.717) is 12.1 Å². The number of benzene rings is 1. The van der Waals surface area contributed by atoms with Crippen molar-refractivity contribution in [3.05, 3.63) is 28.3 Å². The second-order valence-electron chi connectivity index (χ2n) is 4.70. The molecule has 0 aliphatic carbocycles. The van der Waals surface area contributed by atoms with Crippen LogP contribution in [0.25, 0.3) is 0 Å². The lowest BCUT2D eigenvalue weighted by Crippen LogP contribution is -2.36. The lowest BCUT2D eigenvalue weighted by atomic mass is 10.1. The molecule has 0 radical (unpaired) electrons. The molecule has 1 aromatic rings. The van der Waals surface area contributed by atoms with Crippen LogP contribution in [-0.4, -0.2) is 31.8 Å². The Labute approximate surface area is 129 Å². The summed E-state index contributed by atoms with van der Waals surface area (Å²) in [6.45, 7) is 7.69. The molecule has 1 amide bonds. The van der Waals surface area contributed by atoms with E-state index < -0.39 is 9.05 Å². The molecular formula is C13H17Cl2NO3S. The summed E-state index contributed by atoms with van der Waals surface area (Å²) in [5.74, 6) is -0.272. The molecule has 0 atom stereocenters. The van der Waals surface area contributed by atoms with E-state index in [2.05, 4.69) is 0 Å². The van der Waals surface area contributed by atoms with Gasteiger partial charge in [0, 0.05) is 33.9 Å². The van der Waals surface area contributed by atoms with Crippen LogP contribution in [0.4, 0.5) is 0 Å². The van der Waals surface area contributed by atoms with Crippen molar-refractivity contribution in [2.45, 2.75) is 38.6 Å². The fourth-order valence-corrected chi connectivity index (χ4v) is 3.44. The average Bonchev–Trinajstić information content (AvgIpc) is 2.31. The van der Waals surface area contributed by atoms with Crippen LogP contribution in [0.15, 0.2) is 17.0 Å². The van der Waals surface area contributed by atoms with Crippen molar-refractivity contribution >= 4 is 37.2 Å². The molecule has 0 N–H and O–H groups in total. The second-order valence-corrected chi connectivity index (χ2v) is 7.65. The zero-order chi connectivity index (χ0) is 15.7. The molecule has 1 rings (SSSR count). The SMILES string of the molecule is CCN(C(=O)c1cc(Cl)c(C)c(S(=O)(=O)Cl)c1)C(C)C. The lowest BCUT2D eigenvalue weighted by Gasteiger charge is -2.25. The van der Waals surface area contributed by atoms with Gasteiger partial charge in [-0.25, -0.2) is 8.42 Å². The second kappa shape index (κ2) is 6.33. The third-order valence-corrected chi connectivity index (χ3v) is 4.87. The van der Waals surface area contributed by atoms with Gasteiger partial charge in [-0.2, -0.15) is 0 Å². The molecule has 7 heteroatoms. The predicted octanol–water partition coefficient (Wildman–Crippen LogP) is 3.45. The minimum absolute atomic E-state index is 0.00337. The Hall–Kier alpha value is -0.780. The van der Waals surface area contributed by atoms with Crippen molar-refractivity contribution in [3.63, 3.8) is 0 Å². The first-order valence-electron chi connectivity index (χ1n) is 6.15. The van der Waals surface area contributed by atoms with E-state index in [1.807, 2.05) is 20.8 Å². The van der Waals surface area contributed by atoms with Gasteiger partial charge in [-0.15, -0.1) is 0 Å². The van der Waals surface area contributed by atoms with Crippen LogP contribution in [0.5, 0.6) is 0 Å². The van der Waals surface area contributed by atoms with E-state index in [1.54, 1.807) is 11.8 Å². The van der Waals surface area contributed by atoms with Crippen molar-refractivity contribution in [2.24, 2.45) is 0 Å². The largest absolute Gasteiger partial charge is 0.337 e. The van der Waals surface area contributed by atoms with Crippen molar-refractivity contribution in [1.29, 1.82) is 0 Å². The highest BCUT2D eigenvalue weighted by Gasteiger charge is 2.22. The quantitative estimate of drug-likeness (QED) is 0.790. The molecule has 0 saturated carbocycles. The number of halogens is 2. The number of amides is 1. The Bertz CT molecular complexity index is 627. The third-order valence-electron chi connectivity index (χ3n) is 3.03. The highest BCUT2D eigenvalue weighted by Crippen LogP contribution is 2.28. The first kappa shape index (κ1) is 17.3. The smallest absolute Gasteiger partial charge is 0.261 e. The van der Waals surface area contributed by atoms with Gasteiger partial charge in [0.1, 0.15) is 0 Å². The lowest BCUT2D eigenvalue weighted by molar-refractivity contribution is 0.0716. The van der Waals surface area contributed by atoms with Gasteiger partial charge in [-0.3, -0.25) is 4.79 Å². The number of rotatable bonds is 4. The van der Waals surface area contributed by atoms with E-state index in [0.717, 1.165) is 0 Å². The maximum atomic E-state index is 12.4. The standard InChI is InChI=1S/C13H17Cl2NO3S/c1-5-16(8(2)3)13(17)10-6-11(14)9(4)12(7-10)20(15,18)19/h6-8H,5H2,1-4H3. The van der Waals surface area contributed by atoms with E-state index >= 15 is 0 Å². The maximum Gasteiger partial charge on any atom is 0.261 e. The summed E-state index contributed by atoms with van der Waals surface area (Å²) in [6.07, 6.45) is 0. The molecule has 0 aromatic heterocycles. The van der Waals surface area contributed by atoms with Gasteiger partial charge in [0.2, 0.25) is 0 Å². The zero-order valence-electron chi connectivity index (χ0n) is 11.8. The molecule has 20 heavy (non-hydrogen) atoms. The molecule has 1 aromatic carbocycles. The van der Waals surface area contributed by atoms with E-state index in [4.69, 9.17) is 22.3 Å². The number of hydrogen-bond acceptors (Lipinski definition) is 3. The first-order chi connectivity index (χ1) is 9.09. The van der Waals surface area contributed by atoms with Crippen molar-refractivity contribution < 1.29 is 13.2 Å². The van der Waals surface area contributed by atoms with Crippen LogP contribution in [0.2, 0.25) is 5.02 Å². The van der Waals surface area contributed by atoms with Crippen LogP contribution in [0.3, 0.4) is 0 Å². The van der Waals surface area contributed by atoms with Gasteiger partial charge in [-0.1, -0.05) is 11.6 Å². The van der Waals surface area contributed by atoms with Crippen molar-refractivity contribution in [1.82, 2.24) is 4.90 Å². The van der Waals surface area contributed by atoms with Crippen LogP contribution in [0.1, 0.15) is 36.7 Å². The minimum Gasteiger partial charge on any atom is -0.337 e. The van der Waals surface area contributed by atoms with Gasteiger partial charge >= 0.3 is 0 Å². The number of hydrogen-bond donors (Lipinski definition) is 0. The number of carbonyl (C=O) groups excluding carboxylic acids is 1. The number of carbonyl (C=O) groups is 1. The summed E-state index contributed by atoms with van der Waals surface area (Å²) < 4.78 is 23.1. The maximum absolute atomic E-state index is 12.4. The van der Waals surface area contributed by atoms with Gasteiger partial charge in [0.25, 0.3) is 15.0 Å². The molecule has 0 aliphatic rings. The zero-order valence-corrected chi connectivity index (χ0v) is 14.1. The van der Waals surface area contributed by atoms with Gasteiger partial charge in [-0.05, 0) is 45.4 Å². The van der Waals surface area contributed by atoms with Crippen molar-refractivity contribution in [3.8, 4) is 0 Å². The molecule has 0 spiro atoms. The first-order valence-corrected chi connectivity index (χ1v) is 8.84. The van der Waals surface area contributed by atoms with E-state index in [1.165, 1.54) is 12.1 Å². The fraction of sp³-hybridized carbons (Fsp3) is 0.462. The molecular weight excluding hydrogens is 321 g/mol. The summed E-state index contributed by atoms with van der Waals surface area (Å²) >= 11 is 6.00. The molecule has 112 valence electrons. The molecule has 0 fully saturated rings. The Balaban J connectivity index is 3.42. The summed E-state index contributed by atoms with van der Waals surface area (Å²) in [5.41, 5.74) is 0.557. The summed E-state index contributed by atoms with van der Waals surface area (Å²) in [5, 5.41) is 0.204. The Morgan fingerprint density at radius 1 is 1.35 bits per heavy atom. The van der Waals surface area contributed by atoms with Gasteiger partial charge < -0.3 is 4.90 Å². The summed E-state index contributed by atoms with van der Waals surface area (Å²) in [7, 11) is 1.43. The van der Waals surface area contributed by atoms with E-state index in [-0.39, 0.29) is 27.4 Å². The van der Waals surface area contributed by atoms with E-state index in [9.17, 15) is 13.2 Å². The number of nitrogens with zero attached hydrogens (tertiary/aromatic N) is 1. The van der Waals surface area contributed by atoms with Gasteiger partial charge in [0.15, 0.2) is 0 Å². The molecule has 0 aliphatic heterocycles. The monoisotopic (exact) mass is 337 g/mol. The molecule has 0 unspecified atom stereocenters. The highest BCUT2D eigenvalue weighted by molar-refractivity contribution is 8.13.